The van der Waals surface area contributed by atoms with Gasteiger partial charge in [0, 0.05) is 11.8 Å². The minimum atomic E-state index is 0.732. The molecule has 0 unspecified atom stereocenters. The summed E-state index contributed by atoms with van der Waals surface area (Å²) in [7, 11) is 0. The van der Waals surface area contributed by atoms with Crippen molar-refractivity contribution < 1.29 is 4.74 Å². The second-order valence-corrected chi connectivity index (χ2v) is 8.17. The normalized spacial score (nSPS) is 19.8. The number of benzene rings is 1. The lowest BCUT2D eigenvalue weighted by molar-refractivity contribution is 0.178. The number of rotatable bonds is 9. The van der Waals surface area contributed by atoms with Gasteiger partial charge in [-0.3, -0.25) is 4.98 Å². The largest absolute Gasteiger partial charge is 0.493 e. The van der Waals surface area contributed by atoms with Gasteiger partial charge < -0.3 is 4.74 Å². The first kappa shape index (κ1) is 19.9. The highest BCUT2D eigenvalue weighted by Gasteiger charge is 2.20. The number of hydrogen-bond donors (Lipinski definition) is 0. The van der Waals surface area contributed by atoms with Gasteiger partial charge >= 0.3 is 0 Å². The highest BCUT2D eigenvalue weighted by molar-refractivity contribution is 5.60. The van der Waals surface area contributed by atoms with Crippen molar-refractivity contribution in [1.82, 2.24) is 4.98 Å². The second-order valence-electron chi connectivity index (χ2n) is 8.17. The maximum atomic E-state index is 6.07. The lowest BCUT2D eigenvalue weighted by Gasteiger charge is -2.28. The van der Waals surface area contributed by atoms with Crippen LogP contribution >= 0.6 is 0 Å². The predicted octanol–water partition coefficient (Wildman–Crippen LogP) is 7.08. The lowest BCUT2D eigenvalue weighted by atomic mass is 9.80. The number of aromatic nitrogens is 1. The Bertz CT molecular complexity index is 654. The van der Waals surface area contributed by atoms with E-state index >= 15 is 0 Å². The molecule has 1 fully saturated rings. The van der Waals surface area contributed by atoms with Crippen molar-refractivity contribution in [3.8, 4) is 17.0 Å². The van der Waals surface area contributed by atoms with Crippen molar-refractivity contribution >= 4 is 0 Å². The van der Waals surface area contributed by atoms with E-state index in [9.17, 15) is 0 Å². The van der Waals surface area contributed by atoms with Crippen LogP contribution in [0.15, 0.2) is 42.6 Å². The van der Waals surface area contributed by atoms with Gasteiger partial charge in [-0.15, -0.1) is 0 Å². The number of hydrogen-bond acceptors (Lipinski definition) is 2. The third-order valence-electron chi connectivity index (χ3n) is 5.94. The molecule has 0 saturated heterocycles. The first-order valence-electron chi connectivity index (χ1n) is 11.0. The van der Waals surface area contributed by atoms with Crippen LogP contribution in [-0.4, -0.2) is 11.6 Å². The Morgan fingerprint density at radius 2 is 1.63 bits per heavy atom. The Morgan fingerprint density at radius 1 is 0.889 bits per heavy atom. The van der Waals surface area contributed by atoms with Gasteiger partial charge in [-0.1, -0.05) is 52.0 Å². The summed E-state index contributed by atoms with van der Waals surface area (Å²) in [6.45, 7) is 5.39. The fourth-order valence-electron chi connectivity index (χ4n) is 4.16. The maximum absolute atomic E-state index is 6.07. The summed E-state index contributed by atoms with van der Waals surface area (Å²) in [6.07, 6.45) is 13.8. The van der Waals surface area contributed by atoms with E-state index in [-0.39, 0.29) is 0 Å². The molecule has 0 N–H and O–H groups in total. The van der Waals surface area contributed by atoms with Gasteiger partial charge in [0.1, 0.15) is 5.75 Å². The van der Waals surface area contributed by atoms with Crippen LogP contribution in [0.25, 0.3) is 11.3 Å². The molecule has 1 aliphatic rings. The predicted molar refractivity (Wildman–Crippen MR) is 114 cm³/mol. The molecule has 1 aromatic heterocycles. The lowest BCUT2D eigenvalue weighted by Crippen LogP contribution is -2.20. The van der Waals surface area contributed by atoms with Crippen LogP contribution in [0, 0.1) is 11.8 Å². The molecule has 1 saturated carbocycles. The van der Waals surface area contributed by atoms with Gasteiger partial charge in [-0.05, 0) is 73.4 Å². The molecule has 0 amide bonds. The van der Waals surface area contributed by atoms with E-state index in [1.807, 2.05) is 6.20 Å². The molecule has 3 rings (SSSR count). The van der Waals surface area contributed by atoms with Gasteiger partial charge in [0.05, 0.1) is 12.3 Å². The van der Waals surface area contributed by atoms with Crippen molar-refractivity contribution in [1.29, 1.82) is 0 Å². The third-order valence-corrected chi connectivity index (χ3v) is 5.94. The van der Waals surface area contributed by atoms with Crippen LogP contribution in [0.5, 0.6) is 5.75 Å². The Morgan fingerprint density at radius 3 is 2.26 bits per heavy atom. The summed E-state index contributed by atoms with van der Waals surface area (Å²) >= 11 is 0. The highest BCUT2D eigenvalue weighted by Crippen LogP contribution is 2.32. The zero-order valence-electron chi connectivity index (χ0n) is 17.1. The molecule has 0 spiro atoms. The van der Waals surface area contributed by atoms with Crippen molar-refractivity contribution in [3.63, 3.8) is 0 Å². The third kappa shape index (κ3) is 6.09. The van der Waals surface area contributed by atoms with Gasteiger partial charge in [-0.25, -0.2) is 0 Å². The van der Waals surface area contributed by atoms with E-state index in [0.29, 0.717) is 0 Å². The minimum absolute atomic E-state index is 0.732. The fourth-order valence-corrected chi connectivity index (χ4v) is 4.16. The standard InChI is InChI=1S/C25H35NO/c1-3-5-7-21-12-17-25(26-18-21)23-13-15-24(16-14-23)27-19-22-10-8-20(6-4-2)9-11-22/h12-18,20,22H,3-11,19H2,1-2H3. The highest BCUT2D eigenvalue weighted by atomic mass is 16.5. The molecular formula is C25H35NO. The second kappa shape index (κ2) is 10.5. The van der Waals surface area contributed by atoms with Crippen LogP contribution in [0.4, 0.5) is 0 Å². The molecule has 1 aliphatic carbocycles. The number of unbranched alkanes of at least 4 members (excludes halogenated alkanes) is 1. The van der Waals surface area contributed by atoms with Gasteiger partial charge in [0.25, 0.3) is 0 Å². The SMILES string of the molecule is CCCCc1ccc(-c2ccc(OCC3CCC(CCC)CC3)cc2)nc1. The topological polar surface area (TPSA) is 22.1 Å². The average molecular weight is 366 g/mol. The van der Waals surface area contributed by atoms with Crippen molar-refractivity contribution in [2.75, 3.05) is 6.61 Å². The summed E-state index contributed by atoms with van der Waals surface area (Å²) in [4.78, 5) is 4.63. The van der Waals surface area contributed by atoms with E-state index in [0.717, 1.165) is 41.9 Å². The molecule has 0 atom stereocenters. The number of ether oxygens (including phenoxy) is 1. The summed E-state index contributed by atoms with van der Waals surface area (Å²) in [5.74, 6) is 2.68. The van der Waals surface area contributed by atoms with Crippen LogP contribution in [0.1, 0.15) is 70.8 Å². The van der Waals surface area contributed by atoms with E-state index in [4.69, 9.17) is 4.74 Å². The molecule has 27 heavy (non-hydrogen) atoms. The molecule has 2 heteroatoms. The zero-order chi connectivity index (χ0) is 18.9. The van der Waals surface area contributed by atoms with E-state index < -0.39 is 0 Å². The molecular weight excluding hydrogens is 330 g/mol. The summed E-state index contributed by atoms with van der Waals surface area (Å²) in [5, 5.41) is 0. The molecule has 1 aromatic carbocycles. The Balaban J connectivity index is 1.47. The first-order valence-corrected chi connectivity index (χ1v) is 11.0. The van der Waals surface area contributed by atoms with Crippen molar-refractivity contribution in [2.45, 2.75) is 71.6 Å². The quantitative estimate of drug-likeness (QED) is 0.474. The number of aryl methyl sites for hydroxylation is 1. The minimum Gasteiger partial charge on any atom is -0.493 e. The number of nitrogens with zero attached hydrogens (tertiary/aromatic N) is 1. The number of pyridine rings is 1. The monoisotopic (exact) mass is 365 g/mol. The molecule has 0 radical (unpaired) electrons. The van der Waals surface area contributed by atoms with E-state index in [1.54, 1.807) is 0 Å². The van der Waals surface area contributed by atoms with E-state index in [2.05, 4.69) is 55.2 Å². The smallest absolute Gasteiger partial charge is 0.119 e. The molecule has 0 aliphatic heterocycles. The summed E-state index contributed by atoms with van der Waals surface area (Å²) in [6, 6.07) is 12.8. The van der Waals surface area contributed by atoms with Gasteiger partial charge in [0.2, 0.25) is 0 Å². The maximum Gasteiger partial charge on any atom is 0.119 e. The Kier molecular flexibility index (Phi) is 7.74. The van der Waals surface area contributed by atoms with Crippen LogP contribution in [0.3, 0.4) is 0 Å². The van der Waals surface area contributed by atoms with Crippen LogP contribution in [0.2, 0.25) is 0 Å². The summed E-state index contributed by atoms with van der Waals surface area (Å²) < 4.78 is 6.07. The molecule has 2 aromatic rings. The van der Waals surface area contributed by atoms with Gasteiger partial charge in [0.15, 0.2) is 0 Å². The van der Waals surface area contributed by atoms with Crippen LogP contribution < -0.4 is 4.74 Å². The molecule has 2 nitrogen and oxygen atoms in total. The molecule has 146 valence electrons. The Labute approximate surface area is 165 Å². The first-order chi connectivity index (χ1) is 13.3. The zero-order valence-corrected chi connectivity index (χ0v) is 17.1. The molecule has 0 bridgehead atoms. The van der Waals surface area contributed by atoms with Crippen LogP contribution in [-0.2, 0) is 6.42 Å². The average Bonchev–Trinajstić information content (AvgIpc) is 2.73. The van der Waals surface area contributed by atoms with Crippen molar-refractivity contribution in [2.24, 2.45) is 11.8 Å². The summed E-state index contributed by atoms with van der Waals surface area (Å²) in [5.41, 5.74) is 3.52. The Hall–Kier alpha value is -1.83. The fraction of sp³-hybridized carbons (Fsp3) is 0.560. The van der Waals surface area contributed by atoms with Gasteiger partial charge in [-0.2, -0.15) is 0 Å². The molecule has 1 heterocycles. The van der Waals surface area contributed by atoms with Crippen molar-refractivity contribution in [3.05, 3.63) is 48.2 Å². The van der Waals surface area contributed by atoms with E-state index in [1.165, 1.54) is 56.9 Å².